The molecule has 0 aromatic carbocycles. The van der Waals surface area contributed by atoms with Crippen molar-refractivity contribution < 1.29 is 28.9 Å². The lowest BCUT2D eigenvalue weighted by Gasteiger charge is -2.13. The van der Waals surface area contributed by atoms with E-state index in [1.54, 1.807) is 6.92 Å². The van der Waals surface area contributed by atoms with E-state index in [9.17, 15) is 14.8 Å². The topological polar surface area (TPSA) is 96.2 Å². The van der Waals surface area contributed by atoms with Gasteiger partial charge in [-0.05, 0) is 6.92 Å². The average molecular weight is 212 g/mol. The van der Waals surface area contributed by atoms with E-state index in [2.05, 4.69) is 4.52 Å². The summed E-state index contributed by atoms with van der Waals surface area (Å²) in [6.07, 6.45) is -3.23. The molecule has 13 heavy (non-hydrogen) atoms. The average Bonchev–Trinajstić information content (AvgIpc) is 2.29. The highest BCUT2D eigenvalue weighted by molar-refractivity contribution is 7.32. The summed E-state index contributed by atoms with van der Waals surface area (Å²) in [7, 11) is -3.00. The molecule has 0 radical (unpaired) electrons. The van der Waals surface area contributed by atoms with Crippen LogP contribution in [-0.2, 0) is 13.8 Å². The van der Waals surface area contributed by atoms with Crippen molar-refractivity contribution in [3.8, 4) is 0 Å². The van der Waals surface area contributed by atoms with Gasteiger partial charge in [0, 0.05) is 0 Å². The number of aliphatic hydroxyl groups excluding tert-OH is 2. The van der Waals surface area contributed by atoms with Gasteiger partial charge in [-0.15, -0.1) is 0 Å². The molecule has 1 unspecified atom stereocenters. The minimum Gasteiger partial charge on any atom is -0.388 e. The first-order valence-corrected chi connectivity index (χ1v) is 5.16. The zero-order valence-electron chi connectivity index (χ0n) is 7.08. The van der Waals surface area contributed by atoms with Gasteiger partial charge in [-0.1, -0.05) is 0 Å². The Morgan fingerprint density at radius 1 is 1.46 bits per heavy atom. The maximum absolute atomic E-state index is 10.2. The van der Waals surface area contributed by atoms with E-state index in [4.69, 9.17) is 9.63 Å². The van der Waals surface area contributed by atoms with Gasteiger partial charge in [0.05, 0.1) is 12.7 Å². The Hall–Kier alpha value is 0.0300. The summed E-state index contributed by atoms with van der Waals surface area (Å²) < 4.78 is 19.7. The Morgan fingerprint density at radius 3 is 2.46 bits per heavy atom. The second kappa shape index (κ2) is 4.50. The molecule has 1 aliphatic rings. The van der Waals surface area contributed by atoms with Crippen LogP contribution in [-0.4, -0.2) is 46.1 Å². The van der Waals surface area contributed by atoms with Crippen LogP contribution in [0.1, 0.15) is 6.92 Å². The van der Waals surface area contributed by atoms with Crippen molar-refractivity contribution in [3.63, 3.8) is 0 Å². The van der Waals surface area contributed by atoms with Gasteiger partial charge >= 0.3 is 8.25 Å². The summed E-state index contributed by atoms with van der Waals surface area (Å²) >= 11 is 0. The van der Waals surface area contributed by atoms with Gasteiger partial charge in [-0.2, -0.15) is 0 Å². The molecule has 1 saturated heterocycles. The van der Waals surface area contributed by atoms with Crippen molar-refractivity contribution in [3.05, 3.63) is 0 Å². The van der Waals surface area contributed by atoms with Gasteiger partial charge in [0.2, 0.25) is 0 Å². The van der Waals surface area contributed by atoms with Crippen LogP contribution in [0.15, 0.2) is 0 Å². The third kappa shape index (κ3) is 2.74. The van der Waals surface area contributed by atoms with Crippen molar-refractivity contribution in [2.24, 2.45) is 0 Å². The Kier molecular flexibility index (Phi) is 3.85. The molecule has 0 spiro atoms. The van der Waals surface area contributed by atoms with Crippen LogP contribution in [0.25, 0.3) is 0 Å². The number of ether oxygens (including phenoxy) is 1. The quantitative estimate of drug-likeness (QED) is 0.513. The van der Waals surface area contributed by atoms with E-state index in [1.165, 1.54) is 0 Å². The molecule has 6 nitrogen and oxygen atoms in total. The van der Waals surface area contributed by atoms with E-state index in [0.717, 1.165) is 0 Å². The summed E-state index contributed by atoms with van der Waals surface area (Å²) in [4.78, 5) is 8.36. The fourth-order valence-corrected chi connectivity index (χ4v) is 1.53. The van der Waals surface area contributed by atoms with Gasteiger partial charge < -0.3 is 24.4 Å². The molecule has 1 heterocycles. The smallest absolute Gasteiger partial charge is 0.316 e. The first kappa shape index (κ1) is 11.1. The highest BCUT2D eigenvalue weighted by Crippen LogP contribution is 2.24. The number of hydrogen-bond acceptors (Lipinski definition) is 5. The molecule has 0 saturated carbocycles. The Bertz CT molecular complexity index is 198. The van der Waals surface area contributed by atoms with Crippen molar-refractivity contribution in [1.29, 1.82) is 0 Å². The van der Waals surface area contributed by atoms with Gasteiger partial charge in [0.15, 0.2) is 0 Å². The van der Waals surface area contributed by atoms with Crippen molar-refractivity contribution >= 4 is 8.25 Å². The lowest BCUT2D eigenvalue weighted by molar-refractivity contribution is -0.0114. The zero-order valence-corrected chi connectivity index (χ0v) is 8.08. The molecule has 0 bridgehead atoms. The molecule has 0 aliphatic carbocycles. The Morgan fingerprint density at radius 2 is 2.08 bits per heavy atom. The fourth-order valence-electron chi connectivity index (χ4n) is 1.23. The molecule has 0 aromatic heterocycles. The predicted molar refractivity (Wildman–Crippen MR) is 43.5 cm³/mol. The van der Waals surface area contributed by atoms with Crippen LogP contribution in [0, 0.1) is 0 Å². The molecule has 0 amide bonds. The minimum absolute atomic E-state index is 0.184. The van der Waals surface area contributed by atoms with Crippen LogP contribution in [0.4, 0.5) is 0 Å². The molecular weight excluding hydrogens is 199 g/mol. The monoisotopic (exact) mass is 212 g/mol. The van der Waals surface area contributed by atoms with Gasteiger partial charge in [0.25, 0.3) is 0 Å². The van der Waals surface area contributed by atoms with E-state index < -0.39 is 32.7 Å². The summed E-state index contributed by atoms with van der Waals surface area (Å²) in [5.74, 6) is 0. The highest BCUT2D eigenvalue weighted by atomic mass is 31.1. The zero-order chi connectivity index (χ0) is 10.0. The largest absolute Gasteiger partial charge is 0.388 e. The molecule has 0 aromatic rings. The standard InChI is InChI=1S/C6H13O6P/c1-3-5(7)6(8)4(12-3)2-11-13(9)10/h3-8,13H,2H2,1H3,(H,9,10)/t3-,4+,5-,6+/m0/s1. The normalized spacial score (nSPS) is 42.2. The van der Waals surface area contributed by atoms with Crippen LogP contribution in [0.5, 0.6) is 0 Å². The molecule has 78 valence electrons. The SMILES string of the molecule is C[C@@H]1O[C@H](CO[PH](=O)O)[C@@H](O)[C@H]1O. The molecule has 5 atom stereocenters. The third-order valence-corrected chi connectivity index (χ3v) is 2.39. The number of hydrogen-bond donors (Lipinski definition) is 3. The third-order valence-electron chi connectivity index (χ3n) is 1.97. The first-order chi connectivity index (χ1) is 6.02. The number of aliphatic hydroxyl groups is 2. The molecule has 1 aliphatic heterocycles. The van der Waals surface area contributed by atoms with Crippen LogP contribution in [0.3, 0.4) is 0 Å². The van der Waals surface area contributed by atoms with Gasteiger partial charge in [0.1, 0.15) is 18.3 Å². The van der Waals surface area contributed by atoms with Crippen molar-refractivity contribution in [2.45, 2.75) is 31.3 Å². The predicted octanol–water partition coefficient (Wildman–Crippen LogP) is -1.11. The van der Waals surface area contributed by atoms with E-state index in [-0.39, 0.29) is 6.61 Å². The lowest BCUT2D eigenvalue weighted by Crippen LogP contribution is -2.33. The summed E-state index contributed by atoms with van der Waals surface area (Å²) in [5.41, 5.74) is 0. The molecule has 1 rings (SSSR count). The Balaban J connectivity index is 2.40. The van der Waals surface area contributed by atoms with E-state index in [1.807, 2.05) is 0 Å². The van der Waals surface area contributed by atoms with Crippen molar-refractivity contribution in [2.75, 3.05) is 6.61 Å². The van der Waals surface area contributed by atoms with E-state index >= 15 is 0 Å². The van der Waals surface area contributed by atoms with Crippen LogP contribution >= 0.6 is 8.25 Å². The summed E-state index contributed by atoms with van der Waals surface area (Å²) in [5, 5.41) is 18.6. The van der Waals surface area contributed by atoms with Gasteiger partial charge in [-0.3, -0.25) is 4.57 Å². The van der Waals surface area contributed by atoms with E-state index in [0.29, 0.717) is 0 Å². The Labute approximate surface area is 76.0 Å². The molecule has 3 N–H and O–H groups in total. The van der Waals surface area contributed by atoms with Gasteiger partial charge in [-0.25, -0.2) is 0 Å². The second-order valence-electron chi connectivity index (χ2n) is 2.94. The maximum Gasteiger partial charge on any atom is 0.316 e. The molecular formula is C6H13O6P. The first-order valence-electron chi connectivity index (χ1n) is 3.89. The second-order valence-corrected chi connectivity index (χ2v) is 3.76. The minimum atomic E-state index is -3.00. The molecule has 1 fully saturated rings. The highest BCUT2D eigenvalue weighted by Gasteiger charge is 2.40. The summed E-state index contributed by atoms with van der Waals surface area (Å²) in [6.45, 7) is 1.42. The fraction of sp³-hybridized carbons (Fsp3) is 1.00. The lowest BCUT2D eigenvalue weighted by atomic mass is 10.1. The number of rotatable bonds is 3. The molecule has 7 heteroatoms. The van der Waals surface area contributed by atoms with Crippen molar-refractivity contribution in [1.82, 2.24) is 0 Å². The van der Waals surface area contributed by atoms with Crippen LogP contribution < -0.4 is 0 Å². The maximum atomic E-state index is 10.2. The summed E-state index contributed by atoms with van der Waals surface area (Å²) in [6, 6.07) is 0. The van der Waals surface area contributed by atoms with Crippen LogP contribution in [0.2, 0.25) is 0 Å².